The standard InChI is InChI=1S/C34H47N3O9S2/c1-24(38)37(46-27-15-18-36(19-16-27)32(40)44-33(2,3)4)26-11-9-10-25(22-26)28-13-14-29(47-28)34(17-6-8-21-48(34,41)42)23-30(39)35-45-31-12-5-7-20-43-31/h9-11,13-14,22,27,31H,5-8,12,15-21,23H2,1-4H3,(H,35,39)/t31?,34-/m0/s1. The first-order valence-electron chi connectivity index (χ1n) is 16.7. The van der Waals surface area contributed by atoms with Crippen LogP contribution in [-0.4, -0.2) is 74.7 Å². The lowest BCUT2D eigenvalue weighted by molar-refractivity contribution is -0.200. The van der Waals surface area contributed by atoms with Crippen LogP contribution in [0, 0.1) is 0 Å². The average Bonchev–Trinajstić information content (AvgIpc) is 3.55. The van der Waals surface area contributed by atoms with Gasteiger partial charge in [0, 0.05) is 42.8 Å². The molecule has 1 unspecified atom stereocenters. The molecule has 1 aromatic heterocycles. The van der Waals surface area contributed by atoms with Crippen LogP contribution in [0.5, 0.6) is 0 Å². The molecule has 3 amide bonds. The molecule has 0 radical (unpaired) electrons. The van der Waals surface area contributed by atoms with Crippen LogP contribution in [-0.2, 0) is 43.3 Å². The van der Waals surface area contributed by atoms with E-state index in [0.717, 1.165) is 23.3 Å². The van der Waals surface area contributed by atoms with Gasteiger partial charge < -0.3 is 14.4 Å². The van der Waals surface area contributed by atoms with Crippen molar-refractivity contribution in [3.8, 4) is 10.4 Å². The molecule has 0 aliphatic carbocycles. The molecule has 48 heavy (non-hydrogen) atoms. The van der Waals surface area contributed by atoms with Crippen molar-refractivity contribution in [2.45, 2.75) is 108 Å². The van der Waals surface area contributed by atoms with Crippen molar-refractivity contribution in [2.24, 2.45) is 0 Å². The third kappa shape index (κ3) is 8.75. The average molecular weight is 706 g/mol. The number of likely N-dealkylation sites (tertiary alicyclic amines) is 1. The summed E-state index contributed by atoms with van der Waals surface area (Å²) in [5, 5.41) is 1.28. The summed E-state index contributed by atoms with van der Waals surface area (Å²) in [7, 11) is -3.66. The summed E-state index contributed by atoms with van der Waals surface area (Å²) in [4.78, 5) is 53.1. The summed E-state index contributed by atoms with van der Waals surface area (Å²) < 4.78 is 37.0. The van der Waals surface area contributed by atoms with E-state index < -0.39 is 32.4 Å². The maximum Gasteiger partial charge on any atom is 0.410 e. The van der Waals surface area contributed by atoms with Crippen LogP contribution in [0.2, 0.25) is 0 Å². The van der Waals surface area contributed by atoms with Gasteiger partial charge in [-0.3, -0.25) is 14.4 Å². The summed E-state index contributed by atoms with van der Waals surface area (Å²) in [5.41, 5.74) is 3.18. The molecule has 4 heterocycles. The second-order valence-electron chi connectivity index (χ2n) is 13.7. The highest BCUT2D eigenvalue weighted by atomic mass is 32.2. The lowest BCUT2D eigenvalue weighted by Crippen LogP contribution is -2.45. The minimum absolute atomic E-state index is 0.0111. The second-order valence-corrected chi connectivity index (χ2v) is 17.2. The van der Waals surface area contributed by atoms with Gasteiger partial charge in [0.1, 0.15) is 10.3 Å². The molecule has 5 rings (SSSR count). The number of nitrogens with zero attached hydrogens (tertiary/aromatic N) is 2. The highest BCUT2D eigenvalue weighted by Gasteiger charge is 2.49. The van der Waals surface area contributed by atoms with E-state index in [9.17, 15) is 22.8 Å². The first-order valence-corrected chi connectivity index (χ1v) is 19.2. The van der Waals surface area contributed by atoms with Gasteiger partial charge in [-0.25, -0.2) is 23.5 Å². The number of piperidine rings is 1. The third-order valence-electron chi connectivity index (χ3n) is 8.78. The van der Waals surface area contributed by atoms with Gasteiger partial charge in [-0.2, -0.15) is 5.06 Å². The lowest BCUT2D eigenvalue weighted by Gasteiger charge is -2.35. The fraction of sp³-hybridized carbons (Fsp3) is 0.618. The van der Waals surface area contributed by atoms with Gasteiger partial charge in [0.15, 0.2) is 16.1 Å². The zero-order valence-corrected chi connectivity index (χ0v) is 29.8. The van der Waals surface area contributed by atoms with Crippen molar-refractivity contribution in [3.05, 3.63) is 41.3 Å². The molecular formula is C34H47N3O9S2. The Labute approximate surface area is 286 Å². The van der Waals surface area contributed by atoms with E-state index in [4.69, 9.17) is 19.1 Å². The monoisotopic (exact) mass is 705 g/mol. The number of thiophene rings is 1. The molecule has 14 heteroatoms. The zero-order chi connectivity index (χ0) is 34.5. The summed E-state index contributed by atoms with van der Waals surface area (Å²) in [6.45, 7) is 8.38. The maximum atomic E-state index is 13.7. The van der Waals surface area contributed by atoms with Gasteiger partial charge in [0.05, 0.1) is 24.0 Å². The molecule has 2 aromatic rings. The van der Waals surface area contributed by atoms with E-state index >= 15 is 0 Å². The van der Waals surface area contributed by atoms with Crippen LogP contribution in [0.3, 0.4) is 0 Å². The van der Waals surface area contributed by atoms with E-state index in [0.29, 0.717) is 68.8 Å². The van der Waals surface area contributed by atoms with E-state index in [2.05, 4.69) is 5.48 Å². The normalized spacial score (nSPS) is 23.3. The molecule has 1 N–H and O–H groups in total. The van der Waals surface area contributed by atoms with Crippen LogP contribution in [0.15, 0.2) is 36.4 Å². The molecule has 12 nitrogen and oxygen atoms in total. The van der Waals surface area contributed by atoms with Crippen molar-refractivity contribution in [3.63, 3.8) is 0 Å². The van der Waals surface area contributed by atoms with E-state index in [1.807, 2.05) is 45.0 Å². The number of benzene rings is 1. The predicted octanol–water partition coefficient (Wildman–Crippen LogP) is 5.86. The first kappa shape index (κ1) is 36.2. The molecule has 0 saturated carbocycles. The number of carbonyl (C=O) groups is 3. The van der Waals surface area contributed by atoms with Gasteiger partial charge in [0.2, 0.25) is 11.8 Å². The molecule has 3 saturated heterocycles. The fourth-order valence-corrected chi connectivity index (χ4v) is 10.1. The number of nitrogens with one attached hydrogen (secondary N) is 1. The predicted molar refractivity (Wildman–Crippen MR) is 182 cm³/mol. The molecule has 3 aliphatic rings. The van der Waals surface area contributed by atoms with Crippen LogP contribution >= 0.6 is 11.3 Å². The molecular weight excluding hydrogens is 659 g/mol. The van der Waals surface area contributed by atoms with Crippen molar-refractivity contribution < 1.29 is 42.0 Å². The number of anilines is 1. The number of ether oxygens (including phenoxy) is 2. The smallest absolute Gasteiger partial charge is 0.410 e. The Morgan fingerprint density at radius 1 is 1.06 bits per heavy atom. The van der Waals surface area contributed by atoms with Gasteiger partial charge >= 0.3 is 6.09 Å². The third-order valence-corrected chi connectivity index (χ3v) is 12.8. The van der Waals surface area contributed by atoms with Crippen LogP contribution in [0.25, 0.3) is 10.4 Å². The Morgan fingerprint density at radius 3 is 2.50 bits per heavy atom. The summed E-state index contributed by atoms with van der Waals surface area (Å²) in [6.07, 6.45) is 3.77. The number of amides is 3. The first-order chi connectivity index (χ1) is 22.8. The van der Waals surface area contributed by atoms with E-state index in [-0.39, 0.29) is 30.3 Å². The van der Waals surface area contributed by atoms with Gasteiger partial charge in [-0.1, -0.05) is 18.6 Å². The minimum atomic E-state index is -3.66. The van der Waals surface area contributed by atoms with Crippen molar-refractivity contribution in [2.75, 3.05) is 30.5 Å². The zero-order valence-electron chi connectivity index (χ0n) is 28.2. The van der Waals surface area contributed by atoms with Crippen LogP contribution in [0.4, 0.5) is 10.5 Å². The fourth-order valence-electron chi connectivity index (χ4n) is 6.31. The number of hydroxylamine groups is 2. The number of carbonyl (C=O) groups excluding carboxylic acids is 3. The second kappa shape index (κ2) is 15.2. The van der Waals surface area contributed by atoms with Gasteiger partial charge in [-0.15, -0.1) is 11.3 Å². The Kier molecular flexibility index (Phi) is 11.5. The SMILES string of the molecule is CC(=O)N(OC1CCN(C(=O)OC(C)(C)C)CC1)c1cccc(-c2ccc([C@@]3(CC(=O)NOC4CCCCO4)CCCCS3(=O)=O)s2)c1. The largest absolute Gasteiger partial charge is 0.444 e. The number of sulfone groups is 1. The van der Waals surface area contributed by atoms with Crippen molar-refractivity contribution in [1.82, 2.24) is 10.4 Å². The molecule has 3 aliphatic heterocycles. The molecule has 1 aromatic carbocycles. The van der Waals surface area contributed by atoms with Crippen molar-refractivity contribution >= 4 is 44.8 Å². The lowest BCUT2D eigenvalue weighted by atomic mass is 9.94. The number of rotatable bonds is 9. The summed E-state index contributed by atoms with van der Waals surface area (Å²) in [5.74, 6) is -0.789. The Morgan fingerprint density at radius 2 is 1.83 bits per heavy atom. The van der Waals surface area contributed by atoms with Gasteiger partial charge in [-0.05, 0) is 89.1 Å². The Hall–Kier alpha value is -3.04. The Bertz CT molecular complexity index is 1560. The van der Waals surface area contributed by atoms with E-state index in [1.54, 1.807) is 17.0 Å². The Balaban J connectivity index is 1.30. The topological polar surface area (TPSA) is 141 Å². The molecule has 264 valence electrons. The highest BCUT2D eigenvalue weighted by Crippen LogP contribution is 2.47. The quantitative estimate of drug-likeness (QED) is 0.318. The van der Waals surface area contributed by atoms with Crippen molar-refractivity contribution in [1.29, 1.82) is 0 Å². The summed E-state index contributed by atoms with van der Waals surface area (Å²) in [6, 6.07) is 11.0. The summed E-state index contributed by atoms with van der Waals surface area (Å²) >= 11 is 1.33. The molecule has 0 spiro atoms. The highest BCUT2D eigenvalue weighted by molar-refractivity contribution is 7.92. The maximum absolute atomic E-state index is 13.7. The molecule has 0 bridgehead atoms. The number of hydrogen-bond donors (Lipinski definition) is 1. The van der Waals surface area contributed by atoms with E-state index in [1.165, 1.54) is 23.3 Å². The number of hydrogen-bond acceptors (Lipinski definition) is 10. The van der Waals surface area contributed by atoms with Crippen LogP contribution < -0.4 is 10.5 Å². The molecule has 3 fully saturated rings. The van der Waals surface area contributed by atoms with Gasteiger partial charge in [0.25, 0.3) is 0 Å². The van der Waals surface area contributed by atoms with Crippen LogP contribution in [0.1, 0.15) is 90.4 Å². The minimum Gasteiger partial charge on any atom is -0.444 e. The molecule has 2 atom stereocenters.